The summed E-state index contributed by atoms with van der Waals surface area (Å²) < 4.78 is 39.3. The zero-order chi connectivity index (χ0) is 16.2. The number of aromatic amines is 1. The molecule has 0 aliphatic rings. The number of aromatic nitrogens is 2. The standard InChI is InChI=1S/C13H11F3N4O2/c14-13(15,16)9-7-8(10-3-4-12(21)20-19-10)1-2-11(9)17-5-6-18-22/h1-4,7,17H,5-6H2,(H,20,21). The molecule has 0 radical (unpaired) electrons. The van der Waals surface area contributed by atoms with Crippen LogP contribution in [0.2, 0.25) is 0 Å². The van der Waals surface area contributed by atoms with Crippen molar-refractivity contribution in [2.24, 2.45) is 5.18 Å². The summed E-state index contributed by atoms with van der Waals surface area (Å²) in [6.07, 6.45) is -4.57. The number of benzene rings is 1. The van der Waals surface area contributed by atoms with Crippen molar-refractivity contribution in [3.8, 4) is 11.3 Å². The molecule has 0 aliphatic carbocycles. The van der Waals surface area contributed by atoms with Gasteiger partial charge >= 0.3 is 6.18 Å². The second kappa shape index (κ2) is 6.37. The highest BCUT2D eigenvalue weighted by molar-refractivity contribution is 5.66. The Morgan fingerprint density at radius 1 is 1.23 bits per heavy atom. The van der Waals surface area contributed by atoms with E-state index in [2.05, 4.69) is 20.7 Å². The molecule has 6 nitrogen and oxygen atoms in total. The first-order valence-corrected chi connectivity index (χ1v) is 6.22. The molecule has 1 aromatic heterocycles. The molecule has 1 heterocycles. The van der Waals surface area contributed by atoms with Gasteiger partial charge in [-0.05, 0) is 18.2 Å². The molecule has 9 heteroatoms. The van der Waals surface area contributed by atoms with E-state index >= 15 is 0 Å². The lowest BCUT2D eigenvalue weighted by molar-refractivity contribution is -0.136. The summed E-state index contributed by atoms with van der Waals surface area (Å²) in [6, 6.07) is 6.12. The minimum Gasteiger partial charge on any atom is -0.383 e. The maximum absolute atomic E-state index is 13.1. The highest BCUT2D eigenvalue weighted by atomic mass is 19.4. The summed E-state index contributed by atoms with van der Waals surface area (Å²) in [4.78, 5) is 20.9. The van der Waals surface area contributed by atoms with Gasteiger partial charge in [0, 0.05) is 23.9 Å². The normalized spacial score (nSPS) is 11.2. The van der Waals surface area contributed by atoms with Crippen LogP contribution in [0.25, 0.3) is 11.3 Å². The van der Waals surface area contributed by atoms with Crippen LogP contribution in [0.1, 0.15) is 5.56 Å². The molecule has 2 aromatic rings. The second-order valence-electron chi connectivity index (χ2n) is 4.34. The van der Waals surface area contributed by atoms with E-state index in [0.717, 1.165) is 6.07 Å². The van der Waals surface area contributed by atoms with Crippen molar-refractivity contribution in [2.45, 2.75) is 6.18 Å². The van der Waals surface area contributed by atoms with Crippen molar-refractivity contribution in [2.75, 3.05) is 18.4 Å². The Balaban J connectivity index is 2.40. The van der Waals surface area contributed by atoms with Crippen LogP contribution >= 0.6 is 0 Å². The number of rotatable bonds is 5. The van der Waals surface area contributed by atoms with Crippen LogP contribution in [0, 0.1) is 4.91 Å². The molecule has 1 aromatic carbocycles. The monoisotopic (exact) mass is 312 g/mol. The topological polar surface area (TPSA) is 87.2 Å². The molecule has 0 spiro atoms. The minimum atomic E-state index is -4.57. The Bertz CT molecular complexity index is 707. The van der Waals surface area contributed by atoms with Crippen molar-refractivity contribution >= 4 is 5.69 Å². The highest BCUT2D eigenvalue weighted by Crippen LogP contribution is 2.37. The summed E-state index contributed by atoms with van der Waals surface area (Å²) >= 11 is 0. The van der Waals surface area contributed by atoms with Crippen LogP contribution in [0.15, 0.2) is 40.3 Å². The second-order valence-corrected chi connectivity index (χ2v) is 4.34. The van der Waals surface area contributed by atoms with E-state index < -0.39 is 17.3 Å². The van der Waals surface area contributed by atoms with E-state index in [4.69, 9.17) is 0 Å². The number of hydrogen-bond donors (Lipinski definition) is 2. The number of nitrogens with one attached hydrogen (secondary N) is 2. The SMILES string of the molecule is O=NCCNc1ccc(-c2ccc(=O)[nH]n2)cc1C(F)(F)F. The molecular weight excluding hydrogens is 301 g/mol. The van der Waals surface area contributed by atoms with Crippen LogP contribution in [-0.4, -0.2) is 23.3 Å². The third-order valence-electron chi connectivity index (χ3n) is 2.82. The molecule has 116 valence electrons. The van der Waals surface area contributed by atoms with Crippen LogP contribution in [0.5, 0.6) is 0 Å². The zero-order valence-electron chi connectivity index (χ0n) is 11.1. The quantitative estimate of drug-likeness (QED) is 0.656. The molecule has 0 saturated heterocycles. The molecule has 0 amide bonds. The van der Waals surface area contributed by atoms with Gasteiger partial charge in [0.2, 0.25) is 0 Å². The molecule has 0 fully saturated rings. The van der Waals surface area contributed by atoms with Crippen LogP contribution in [0.3, 0.4) is 0 Å². The fourth-order valence-electron chi connectivity index (χ4n) is 1.83. The fraction of sp³-hybridized carbons (Fsp3) is 0.231. The van der Waals surface area contributed by atoms with Gasteiger partial charge in [0.05, 0.1) is 17.8 Å². The lowest BCUT2D eigenvalue weighted by atomic mass is 10.1. The molecular formula is C13H11F3N4O2. The van der Waals surface area contributed by atoms with Crippen molar-refractivity contribution < 1.29 is 13.2 Å². The first-order valence-electron chi connectivity index (χ1n) is 6.22. The lowest BCUT2D eigenvalue weighted by Gasteiger charge is -2.15. The Kier molecular flexibility index (Phi) is 4.54. The Morgan fingerprint density at radius 3 is 2.59 bits per heavy atom. The summed E-state index contributed by atoms with van der Waals surface area (Å²) in [5.74, 6) is 0. The number of nitrogens with zero attached hydrogens (tertiary/aromatic N) is 2. The van der Waals surface area contributed by atoms with Crippen molar-refractivity contribution in [1.29, 1.82) is 0 Å². The third kappa shape index (κ3) is 3.68. The van der Waals surface area contributed by atoms with E-state index in [1.165, 1.54) is 24.3 Å². The predicted octanol–water partition coefficient (Wildman–Crippen LogP) is 2.63. The van der Waals surface area contributed by atoms with Crippen LogP contribution < -0.4 is 10.9 Å². The average molecular weight is 312 g/mol. The van der Waals surface area contributed by atoms with Crippen LogP contribution in [0.4, 0.5) is 18.9 Å². The van der Waals surface area contributed by atoms with E-state index in [-0.39, 0.29) is 30.0 Å². The Morgan fingerprint density at radius 2 is 2.00 bits per heavy atom. The summed E-state index contributed by atoms with van der Waals surface area (Å²) in [5, 5.41) is 11.0. The highest BCUT2D eigenvalue weighted by Gasteiger charge is 2.34. The summed E-state index contributed by atoms with van der Waals surface area (Å²) in [7, 11) is 0. The molecule has 0 unspecified atom stereocenters. The van der Waals surface area contributed by atoms with E-state index in [1.807, 2.05) is 0 Å². The molecule has 2 rings (SSSR count). The largest absolute Gasteiger partial charge is 0.418 e. The van der Waals surface area contributed by atoms with Gasteiger partial charge in [-0.3, -0.25) is 4.79 Å². The van der Waals surface area contributed by atoms with Crippen LogP contribution in [-0.2, 0) is 6.18 Å². The molecule has 22 heavy (non-hydrogen) atoms. The van der Waals surface area contributed by atoms with Crippen molar-refractivity contribution in [3.63, 3.8) is 0 Å². The van der Waals surface area contributed by atoms with Gasteiger partial charge in [0.15, 0.2) is 0 Å². The molecule has 2 N–H and O–H groups in total. The van der Waals surface area contributed by atoms with Gasteiger partial charge < -0.3 is 5.32 Å². The van der Waals surface area contributed by atoms with Gasteiger partial charge in [-0.1, -0.05) is 11.2 Å². The molecule has 0 saturated carbocycles. The van der Waals surface area contributed by atoms with E-state index in [9.17, 15) is 22.9 Å². The number of alkyl halides is 3. The third-order valence-corrected chi connectivity index (χ3v) is 2.82. The first kappa shape index (κ1) is 15.7. The van der Waals surface area contributed by atoms with Gasteiger partial charge in [0.1, 0.15) is 0 Å². The van der Waals surface area contributed by atoms with E-state index in [0.29, 0.717) is 0 Å². The van der Waals surface area contributed by atoms with Gasteiger partial charge in [-0.15, -0.1) is 0 Å². The molecule has 0 aliphatic heterocycles. The average Bonchev–Trinajstić information content (AvgIpc) is 2.47. The number of nitroso groups, excluding NO2 is 1. The molecule has 0 bridgehead atoms. The summed E-state index contributed by atoms with van der Waals surface area (Å²) in [6.45, 7) is -0.136. The summed E-state index contributed by atoms with van der Waals surface area (Å²) in [5.41, 5.74) is -1.05. The smallest absolute Gasteiger partial charge is 0.383 e. The zero-order valence-corrected chi connectivity index (χ0v) is 11.1. The van der Waals surface area contributed by atoms with Crippen molar-refractivity contribution in [1.82, 2.24) is 10.2 Å². The van der Waals surface area contributed by atoms with Gasteiger partial charge in [-0.2, -0.15) is 23.2 Å². The van der Waals surface area contributed by atoms with Gasteiger partial charge in [0.25, 0.3) is 5.56 Å². The lowest BCUT2D eigenvalue weighted by Crippen LogP contribution is -2.13. The minimum absolute atomic E-state index is 0.00281. The van der Waals surface area contributed by atoms with E-state index in [1.54, 1.807) is 0 Å². The maximum atomic E-state index is 13.1. The number of hydrogen-bond acceptors (Lipinski definition) is 5. The molecule has 0 atom stereocenters. The van der Waals surface area contributed by atoms with Gasteiger partial charge in [-0.25, -0.2) is 5.10 Å². The maximum Gasteiger partial charge on any atom is 0.418 e. The number of anilines is 1. The van der Waals surface area contributed by atoms with Crippen molar-refractivity contribution in [3.05, 3.63) is 51.2 Å². The Hall–Kier alpha value is -2.71. The predicted molar refractivity (Wildman–Crippen MR) is 74.4 cm³/mol. The first-order chi connectivity index (χ1) is 10.4. The number of H-pyrrole nitrogens is 1. The Labute approximate surface area is 122 Å². The fourth-order valence-corrected chi connectivity index (χ4v) is 1.83. The number of halogens is 3.